The van der Waals surface area contributed by atoms with Crippen LogP contribution in [0.2, 0.25) is 0 Å². The molecular formula is H7CaCuKLiMgNa. The molecule has 1 radical (unpaired) electrons. The van der Waals surface area contributed by atoms with E-state index in [1.54, 1.807) is 0 Å². The predicted octanol–water partition coefficient (Wildman–Crippen LogP) is -8.96. The molecule has 0 N–H and O–H groups in total. The summed E-state index contributed by atoms with van der Waals surface area (Å²) in [5.41, 5.74) is 0. The zero-order chi connectivity index (χ0) is 0. The van der Waals surface area contributed by atoms with Gasteiger partial charge in [-0.3, -0.25) is 0 Å². The molecule has 25 valence electrons. The molecule has 6 heteroatoms. The molecule has 0 aliphatic rings. The van der Waals surface area contributed by atoms with Crippen LogP contribution in [0.1, 0.15) is 9.99 Å². The molecular weight excluding hydrogens is 197 g/mol. The minimum atomic E-state index is 0. The van der Waals surface area contributed by atoms with E-state index in [-0.39, 0.29) is 188 Å². The van der Waals surface area contributed by atoms with Crippen LogP contribution in [0.5, 0.6) is 0 Å². The van der Waals surface area contributed by atoms with Gasteiger partial charge in [-0.15, -0.1) is 0 Å². The Balaban J connectivity index is 0. The average molecular weight is 204 g/mol. The van der Waals surface area contributed by atoms with Crippen LogP contribution in [0.25, 0.3) is 0 Å². The summed E-state index contributed by atoms with van der Waals surface area (Å²) < 4.78 is 0. The Hall–Kier alpha value is 5.78. The Morgan fingerprint density at radius 1 is 1.17 bits per heavy atom. The molecule has 0 amide bonds. The Bertz CT molecular complexity index is 28.5. The maximum absolute atomic E-state index is 0. The predicted molar refractivity (Wildman–Crippen MR) is 19.3 cm³/mol. The molecule has 0 rings (SSSR count). The van der Waals surface area contributed by atoms with Crippen molar-refractivity contribution in [2.45, 2.75) is 0 Å². The zero-order valence-corrected chi connectivity index (χ0v) is 14.4. The maximum Gasteiger partial charge on any atom is 2.00 e. The summed E-state index contributed by atoms with van der Waals surface area (Å²) in [6, 6.07) is 0. The van der Waals surface area contributed by atoms with Crippen molar-refractivity contribution in [3.05, 3.63) is 0 Å². The largest absolute Gasteiger partial charge is 2.00 e. The summed E-state index contributed by atoms with van der Waals surface area (Å²) in [7, 11) is 0. The molecule has 6 heavy (non-hydrogen) atoms. The molecule has 0 saturated carbocycles. The van der Waals surface area contributed by atoms with E-state index >= 15 is 0 Å². The third kappa shape index (κ3) is 22.6. The van der Waals surface area contributed by atoms with Gasteiger partial charge in [-0.25, -0.2) is 0 Å². The van der Waals surface area contributed by atoms with E-state index in [4.69, 9.17) is 0 Å². The van der Waals surface area contributed by atoms with Gasteiger partial charge in [0.25, 0.3) is 0 Å². The van der Waals surface area contributed by atoms with Crippen LogP contribution < -0.4 is 99.8 Å². The monoisotopic (exact) mass is 203 g/mol. The van der Waals surface area contributed by atoms with Crippen molar-refractivity contribution in [1.82, 2.24) is 0 Å². The Labute approximate surface area is 182 Å². The van der Waals surface area contributed by atoms with Crippen LogP contribution in [-0.2, 0) is 17.1 Å². The minimum Gasteiger partial charge on any atom is -1.00 e. The van der Waals surface area contributed by atoms with Gasteiger partial charge in [-0.1, -0.05) is 0 Å². The van der Waals surface area contributed by atoms with Crippen molar-refractivity contribution in [3.8, 4) is 0 Å². The quantitative estimate of drug-likeness (QED) is 0.344. The smallest absolute Gasteiger partial charge is 1.00 e. The molecule has 0 atom stereocenters. The van der Waals surface area contributed by atoms with Gasteiger partial charge in [0.1, 0.15) is 0 Å². The zero-order valence-electron chi connectivity index (χ0n) is 11.7. The molecule has 0 aromatic heterocycles. The SMILES string of the molecule is [Ca+2].[Cu].[H-].[H-].[H-].[H-].[H-].[H-].[H-].[K+].[Li+].[Mg+2].[Na+]. The van der Waals surface area contributed by atoms with E-state index < -0.39 is 0 Å². The second kappa shape index (κ2) is 30.9. The fourth-order valence-electron chi connectivity index (χ4n) is 0. The van der Waals surface area contributed by atoms with Crippen molar-refractivity contribution in [2.24, 2.45) is 0 Å². The Morgan fingerprint density at radius 3 is 1.17 bits per heavy atom. The molecule has 0 aliphatic heterocycles. The third-order valence-electron chi connectivity index (χ3n) is 0. The summed E-state index contributed by atoms with van der Waals surface area (Å²) in [6.45, 7) is 0. The van der Waals surface area contributed by atoms with Gasteiger partial charge in [0.2, 0.25) is 0 Å². The molecule has 0 aliphatic carbocycles. The first-order valence-corrected chi connectivity index (χ1v) is 0. The van der Waals surface area contributed by atoms with Gasteiger partial charge in [-0.05, 0) is 0 Å². The summed E-state index contributed by atoms with van der Waals surface area (Å²) in [5.74, 6) is 0. The third-order valence-corrected chi connectivity index (χ3v) is 0. The number of hydrogen-bond acceptors (Lipinski definition) is 0. The number of hydrogen-bond donors (Lipinski definition) is 0. The van der Waals surface area contributed by atoms with Crippen molar-refractivity contribution in [3.63, 3.8) is 0 Å². The average Bonchev–Trinajstić information content (AvgIpc) is 0. The molecule has 0 aromatic carbocycles. The molecule has 0 bridgehead atoms. The molecule has 0 saturated heterocycles. The summed E-state index contributed by atoms with van der Waals surface area (Å²) in [6.07, 6.45) is 0. The van der Waals surface area contributed by atoms with Crippen LogP contribution in [0, 0.1) is 0 Å². The van der Waals surface area contributed by atoms with Crippen molar-refractivity contribution in [1.29, 1.82) is 0 Å². The number of rotatable bonds is 0. The van der Waals surface area contributed by atoms with Gasteiger partial charge >= 0.3 is 161 Å². The van der Waals surface area contributed by atoms with Crippen molar-refractivity contribution >= 4 is 60.8 Å². The van der Waals surface area contributed by atoms with E-state index in [2.05, 4.69) is 0 Å². The van der Waals surface area contributed by atoms with Crippen molar-refractivity contribution < 1.29 is 127 Å². The Kier molecular flexibility index (Phi) is 211. The Morgan fingerprint density at radius 2 is 1.17 bits per heavy atom. The fraction of sp³-hybridized carbons (Fsp3) is 0. The van der Waals surface area contributed by atoms with Crippen LogP contribution in [0.3, 0.4) is 0 Å². The van der Waals surface area contributed by atoms with Gasteiger partial charge in [0.15, 0.2) is 0 Å². The molecule has 0 heterocycles. The normalized spacial score (nSPS) is 0. The van der Waals surface area contributed by atoms with Crippen LogP contribution in [-0.4, -0.2) is 60.8 Å². The summed E-state index contributed by atoms with van der Waals surface area (Å²) in [4.78, 5) is 0. The van der Waals surface area contributed by atoms with Crippen LogP contribution >= 0.6 is 0 Å². The summed E-state index contributed by atoms with van der Waals surface area (Å²) >= 11 is 0. The minimum absolute atomic E-state index is 0. The van der Waals surface area contributed by atoms with E-state index in [9.17, 15) is 0 Å². The van der Waals surface area contributed by atoms with Crippen molar-refractivity contribution in [2.75, 3.05) is 0 Å². The van der Waals surface area contributed by atoms with E-state index in [1.165, 1.54) is 0 Å². The molecule has 0 unspecified atom stereocenters. The van der Waals surface area contributed by atoms with Gasteiger partial charge in [-0.2, -0.15) is 0 Å². The van der Waals surface area contributed by atoms with E-state index in [1.807, 2.05) is 0 Å². The van der Waals surface area contributed by atoms with Gasteiger partial charge < -0.3 is 9.99 Å². The molecule has 0 spiro atoms. The van der Waals surface area contributed by atoms with Gasteiger partial charge in [0, 0.05) is 17.1 Å². The second-order valence-corrected chi connectivity index (χ2v) is 0. The molecule has 0 fully saturated rings. The first-order valence-electron chi connectivity index (χ1n) is 0. The standard InChI is InChI=1S/Ca.Cu.K.Li.Mg.Na.7H/q+2;;2*+1;+2;+1;7*-1. The topological polar surface area (TPSA) is 0 Å². The fourth-order valence-corrected chi connectivity index (χ4v) is 0. The first-order chi connectivity index (χ1) is 0. The first kappa shape index (κ1) is 41.0. The summed E-state index contributed by atoms with van der Waals surface area (Å²) in [5, 5.41) is 0. The van der Waals surface area contributed by atoms with Crippen LogP contribution in [0.15, 0.2) is 0 Å². The molecule has 0 aromatic rings. The van der Waals surface area contributed by atoms with Gasteiger partial charge in [0.05, 0.1) is 0 Å². The molecule has 0 nitrogen and oxygen atoms in total. The second-order valence-electron chi connectivity index (χ2n) is 0. The van der Waals surface area contributed by atoms with E-state index in [0.717, 1.165) is 0 Å². The van der Waals surface area contributed by atoms with Crippen LogP contribution in [0.4, 0.5) is 0 Å². The maximum atomic E-state index is 0. The van der Waals surface area contributed by atoms with E-state index in [0.29, 0.717) is 0 Å².